The summed E-state index contributed by atoms with van der Waals surface area (Å²) in [5.74, 6) is 0.820. The van der Waals surface area contributed by atoms with E-state index in [9.17, 15) is 9.59 Å². The lowest BCUT2D eigenvalue weighted by atomic mass is 10.1. The molecule has 1 aliphatic rings. The van der Waals surface area contributed by atoms with Gasteiger partial charge in [0.15, 0.2) is 5.78 Å². The molecule has 0 atom stereocenters. The maximum atomic E-state index is 12.1. The fourth-order valence-corrected chi connectivity index (χ4v) is 2.01. The number of Topliss-reactive ketones (excluding diaryl/α,β-unsaturated/α-hetero) is 1. The Hall–Kier alpha value is -1.88. The zero-order chi connectivity index (χ0) is 13.8. The molecule has 5 heteroatoms. The molecule has 19 heavy (non-hydrogen) atoms. The van der Waals surface area contributed by atoms with Crippen molar-refractivity contribution in [3.63, 3.8) is 0 Å². The van der Waals surface area contributed by atoms with Crippen molar-refractivity contribution in [1.82, 2.24) is 9.80 Å². The van der Waals surface area contributed by atoms with Gasteiger partial charge in [-0.1, -0.05) is 0 Å². The lowest BCUT2D eigenvalue weighted by Gasteiger charge is -2.31. The molecule has 1 aliphatic heterocycles. The lowest BCUT2D eigenvalue weighted by Crippen LogP contribution is -2.49. The molecular weight excluding hydrogens is 244 g/mol. The van der Waals surface area contributed by atoms with E-state index in [4.69, 9.17) is 4.74 Å². The zero-order valence-electron chi connectivity index (χ0n) is 11.3. The molecule has 0 radical (unpaired) electrons. The van der Waals surface area contributed by atoms with E-state index in [1.54, 1.807) is 43.3 Å². The van der Waals surface area contributed by atoms with Crippen LogP contribution in [0.25, 0.3) is 0 Å². The van der Waals surface area contributed by atoms with Gasteiger partial charge in [0.05, 0.1) is 20.2 Å². The molecular formula is C14H18N2O3. The number of ether oxygens (including phenoxy) is 1. The van der Waals surface area contributed by atoms with Crippen LogP contribution in [0.2, 0.25) is 0 Å². The molecule has 0 saturated carbocycles. The van der Waals surface area contributed by atoms with E-state index in [1.165, 1.54) is 0 Å². The molecule has 0 spiro atoms. The first-order chi connectivity index (χ1) is 9.10. The number of ketones is 1. The van der Waals surface area contributed by atoms with Gasteiger partial charge in [-0.15, -0.1) is 0 Å². The van der Waals surface area contributed by atoms with Crippen LogP contribution < -0.4 is 4.74 Å². The van der Waals surface area contributed by atoms with Gasteiger partial charge in [0.1, 0.15) is 5.75 Å². The van der Waals surface area contributed by atoms with Gasteiger partial charge in [-0.25, -0.2) is 0 Å². The van der Waals surface area contributed by atoms with Crippen LogP contribution in [0.15, 0.2) is 24.3 Å². The number of hydrogen-bond acceptors (Lipinski definition) is 4. The van der Waals surface area contributed by atoms with Crippen molar-refractivity contribution < 1.29 is 14.3 Å². The predicted octanol–water partition coefficient (Wildman–Crippen LogP) is 0.652. The Kier molecular flexibility index (Phi) is 4.16. The van der Waals surface area contributed by atoms with Crippen LogP contribution in [0.5, 0.6) is 5.75 Å². The van der Waals surface area contributed by atoms with E-state index < -0.39 is 0 Å². The minimum atomic E-state index is 0.0278. The molecule has 102 valence electrons. The van der Waals surface area contributed by atoms with Crippen LogP contribution in [0.4, 0.5) is 0 Å². The quantitative estimate of drug-likeness (QED) is 0.748. The fraction of sp³-hybridized carbons (Fsp3) is 0.429. The van der Waals surface area contributed by atoms with Gasteiger partial charge in [-0.2, -0.15) is 0 Å². The van der Waals surface area contributed by atoms with Gasteiger partial charge < -0.3 is 9.64 Å². The third-order valence-corrected chi connectivity index (χ3v) is 3.32. The highest BCUT2D eigenvalue weighted by molar-refractivity contribution is 5.98. The van der Waals surface area contributed by atoms with Crippen molar-refractivity contribution in [1.29, 1.82) is 0 Å². The molecule has 5 nitrogen and oxygen atoms in total. The van der Waals surface area contributed by atoms with E-state index in [-0.39, 0.29) is 18.2 Å². The standard InChI is InChI=1S/C14H18N2O3/c1-15-7-8-16(10-14(15)18)9-13(17)11-3-5-12(19-2)6-4-11/h3-6H,7-10H2,1-2H3. The maximum Gasteiger partial charge on any atom is 0.236 e. The van der Waals surface area contributed by atoms with Crippen molar-refractivity contribution in [2.24, 2.45) is 0 Å². The largest absolute Gasteiger partial charge is 0.497 e. The number of amides is 1. The van der Waals surface area contributed by atoms with E-state index in [0.717, 1.165) is 12.3 Å². The summed E-state index contributed by atoms with van der Waals surface area (Å²) in [4.78, 5) is 27.2. The molecule has 1 heterocycles. The Morgan fingerprint density at radius 3 is 2.53 bits per heavy atom. The van der Waals surface area contributed by atoms with Gasteiger partial charge in [0, 0.05) is 25.7 Å². The fourth-order valence-electron chi connectivity index (χ4n) is 2.01. The number of carbonyl (C=O) groups is 2. The number of piperazine rings is 1. The monoisotopic (exact) mass is 262 g/mol. The summed E-state index contributed by atoms with van der Waals surface area (Å²) >= 11 is 0. The number of methoxy groups -OCH3 is 1. The molecule has 1 fully saturated rings. The average Bonchev–Trinajstić information content (AvgIpc) is 2.43. The predicted molar refractivity (Wildman–Crippen MR) is 71.4 cm³/mol. The van der Waals surface area contributed by atoms with E-state index >= 15 is 0 Å². The third kappa shape index (κ3) is 3.32. The molecule has 1 amide bonds. The van der Waals surface area contributed by atoms with Gasteiger partial charge in [-0.05, 0) is 24.3 Å². The van der Waals surface area contributed by atoms with Crippen LogP contribution >= 0.6 is 0 Å². The van der Waals surface area contributed by atoms with Crippen LogP contribution in [-0.2, 0) is 4.79 Å². The average molecular weight is 262 g/mol. The summed E-state index contributed by atoms with van der Waals surface area (Å²) in [7, 11) is 3.37. The van der Waals surface area contributed by atoms with Crippen LogP contribution in [0.3, 0.4) is 0 Å². The SMILES string of the molecule is COc1ccc(C(=O)CN2CCN(C)C(=O)C2)cc1. The molecule has 0 aliphatic carbocycles. The first-order valence-electron chi connectivity index (χ1n) is 6.23. The van der Waals surface area contributed by atoms with Crippen molar-refractivity contribution in [3.8, 4) is 5.75 Å². The van der Waals surface area contributed by atoms with Crippen molar-refractivity contribution in [2.75, 3.05) is 40.3 Å². The summed E-state index contributed by atoms with van der Waals surface area (Å²) in [5.41, 5.74) is 0.646. The minimum Gasteiger partial charge on any atom is -0.497 e. The Balaban J connectivity index is 1.95. The Morgan fingerprint density at radius 1 is 1.26 bits per heavy atom. The summed E-state index contributed by atoms with van der Waals surface area (Å²) in [6.45, 7) is 2.02. The van der Waals surface area contributed by atoms with Crippen molar-refractivity contribution in [3.05, 3.63) is 29.8 Å². The Morgan fingerprint density at radius 2 is 1.95 bits per heavy atom. The molecule has 2 rings (SSSR count). The van der Waals surface area contributed by atoms with E-state index in [2.05, 4.69) is 0 Å². The number of carbonyl (C=O) groups excluding carboxylic acids is 2. The highest BCUT2D eigenvalue weighted by atomic mass is 16.5. The molecule has 1 saturated heterocycles. The lowest BCUT2D eigenvalue weighted by molar-refractivity contribution is -0.134. The summed E-state index contributed by atoms with van der Waals surface area (Å²) < 4.78 is 5.05. The second-order valence-corrected chi connectivity index (χ2v) is 4.68. The first-order valence-corrected chi connectivity index (χ1v) is 6.23. The number of benzene rings is 1. The van der Waals surface area contributed by atoms with E-state index in [1.807, 2.05) is 4.90 Å². The highest BCUT2D eigenvalue weighted by Crippen LogP contribution is 2.12. The Labute approximate surface area is 112 Å². The van der Waals surface area contributed by atoms with Gasteiger partial charge in [0.25, 0.3) is 0 Å². The second kappa shape index (κ2) is 5.84. The van der Waals surface area contributed by atoms with Crippen LogP contribution in [0.1, 0.15) is 10.4 Å². The van der Waals surface area contributed by atoms with E-state index in [0.29, 0.717) is 18.7 Å². The van der Waals surface area contributed by atoms with Crippen molar-refractivity contribution >= 4 is 11.7 Å². The maximum absolute atomic E-state index is 12.1. The topological polar surface area (TPSA) is 49.9 Å². The molecule has 1 aromatic carbocycles. The minimum absolute atomic E-state index is 0.0278. The number of rotatable bonds is 4. The van der Waals surface area contributed by atoms with Crippen molar-refractivity contribution in [2.45, 2.75) is 0 Å². The highest BCUT2D eigenvalue weighted by Gasteiger charge is 2.22. The summed E-state index contributed by atoms with van der Waals surface area (Å²) in [6, 6.07) is 7.03. The summed E-state index contributed by atoms with van der Waals surface area (Å²) in [5, 5.41) is 0. The zero-order valence-corrected chi connectivity index (χ0v) is 11.3. The number of likely N-dealkylation sites (N-methyl/N-ethyl adjacent to an activating group) is 1. The normalized spacial score (nSPS) is 16.5. The molecule has 1 aromatic rings. The van der Waals surface area contributed by atoms with Gasteiger partial charge in [-0.3, -0.25) is 14.5 Å². The third-order valence-electron chi connectivity index (χ3n) is 3.32. The molecule has 0 aromatic heterocycles. The van der Waals surface area contributed by atoms with Gasteiger partial charge >= 0.3 is 0 Å². The second-order valence-electron chi connectivity index (χ2n) is 4.68. The molecule has 0 bridgehead atoms. The van der Waals surface area contributed by atoms with Crippen LogP contribution in [-0.4, -0.2) is 61.8 Å². The number of nitrogens with zero attached hydrogens (tertiary/aromatic N) is 2. The Bertz CT molecular complexity index is 470. The number of hydrogen-bond donors (Lipinski definition) is 0. The first kappa shape index (κ1) is 13.5. The smallest absolute Gasteiger partial charge is 0.236 e. The summed E-state index contributed by atoms with van der Waals surface area (Å²) in [6.07, 6.45) is 0. The molecule has 0 unspecified atom stereocenters. The van der Waals surface area contributed by atoms with Crippen LogP contribution in [0, 0.1) is 0 Å². The molecule has 0 N–H and O–H groups in total. The van der Waals surface area contributed by atoms with Gasteiger partial charge in [0.2, 0.25) is 5.91 Å².